The summed E-state index contributed by atoms with van der Waals surface area (Å²) < 4.78 is 16.9. The van der Waals surface area contributed by atoms with Crippen LogP contribution in [0.4, 0.5) is 4.79 Å². The average molecular weight is 393 g/mol. The van der Waals surface area contributed by atoms with Crippen LogP contribution in [0.25, 0.3) is 0 Å². The largest absolute Gasteiger partial charge is 0.449 e. The van der Waals surface area contributed by atoms with E-state index in [0.29, 0.717) is 18.6 Å². The third kappa shape index (κ3) is 6.79. The van der Waals surface area contributed by atoms with Crippen LogP contribution in [-0.2, 0) is 25.6 Å². The Bertz CT molecular complexity index is 473. The minimum Gasteiger partial charge on any atom is -0.449 e. The fraction of sp³-hybridized carbons (Fsp3) is 0.941. The Hall–Kier alpha value is -0.200. The van der Waals surface area contributed by atoms with Gasteiger partial charge in [0.1, 0.15) is 0 Å². The molecule has 25 heavy (non-hydrogen) atoms. The molecule has 2 unspecified atom stereocenters. The van der Waals surface area contributed by atoms with Crippen molar-refractivity contribution >= 4 is 24.5 Å². The first kappa shape index (κ1) is 21.1. The molecule has 0 bridgehead atoms. The van der Waals surface area contributed by atoms with Crippen molar-refractivity contribution in [3.8, 4) is 0 Å². The van der Waals surface area contributed by atoms with Crippen LogP contribution in [-0.4, -0.2) is 48.9 Å². The number of amides is 1. The molecule has 2 rings (SSSR count). The van der Waals surface area contributed by atoms with Crippen molar-refractivity contribution in [3.05, 3.63) is 0 Å². The molecule has 2 aliphatic heterocycles. The highest BCUT2D eigenvalue weighted by atomic mass is 32.5. The number of nitrogens with zero attached hydrogens (tertiary/aromatic N) is 1. The molecule has 0 aromatic rings. The first-order valence-electron chi connectivity index (χ1n) is 9.45. The molecule has 2 heterocycles. The highest BCUT2D eigenvalue weighted by Gasteiger charge is 2.34. The zero-order valence-corrected chi connectivity index (χ0v) is 17.6. The maximum absolute atomic E-state index is 12.3. The van der Waals surface area contributed by atoms with Gasteiger partial charge < -0.3 is 13.8 Å². The Morgan fingerprint density at radius 3 is 2.40 bits per heavy atom. The first-order valence-corrected chi connectivity index (χ1v) is 12.1. The second kappa shape index (κ2) is 9.65. The van der Waals surface area contributed by atoms with Gasteiger partial charge in [-0.25, -0.2) is 4.79 Å². The minimum atomic E-state index is -2.89. The fourth-order valence-electron chi connectivity index (χ4n) is 3.73. The van der Waals surface area contributed by atoms with E-state index in [4.69, 9.17) is 25.6 Å². The van der Waals surface area contributed by atoms with Gasteiger partial charge in [0.2, 0.25) is 0 Å². The molecule has 0 spiro atoms. The van der Waals surface area contributed by atoms with E-state index in [9.17, 15) is 4.79 Å². The van der Waals surface area contributed by atoms with E-state index >= 15 is 0 Å². The smallest absolute Gasteiger partial charge is 0.414 e. The molecule has 146 valence electrons. The number of hydrogen-bond acceptors (Lipinski definition) is 6. The zero-order valence-electron chi connectivity index (χ0n) is 15.9. The van der Waals surface area contributed by atoms with Gasteiger partial charge >= 0.3 is 6.09 Å². The fourth-order valence-corrected chi connectivity index (χ4v) is 6.54. The number of fused-ring (bicyclic) bond motifs is 1. The van der Waals surface area contributed by atoms with Crippen LogP contribution in [0.1, 0.15) is 59.8 Å². The lowest BCUT2D eigenvalue weighted by Crippen LogP contribution is -2.49. The van der Waals surface area contributed by atoms with E-state index in [1.54, 1.807) is 0 Å². The lowest BCUT2D eigenvalue weighted by molar-refractivity contribution is 0.0240. The van der Waals surface area contributed by atoms with Crippen LogP contribution in [0.2, 0.25) is 0 Å². The summed E-state index contributed by atoms with van der Waals surface area (Å²) in [6.07, 6.45) is 5.28. The molecule has 0 aromatic heterocycles. The molecule has 1 N–H and O–H groups in total. The van der Waals surface area contributed by atoms with Gasteiger partial charge in [0.25, 0.3) is 6.64 Å². The van der Waals surface area contributed by atoms with Crippen molar-refractivity contribution in [2.45, 2.75) is 78.0 Å². The first-order chi connectivity index (χ1) is 11.8. The zero-order chi connectivity index (χ0) is 18.4. The number of ether oxygens (including phenoxy) is 1. The van der Waals surface area contributed by atoms with Gasteiger partial charge in [-0.2, -0.15) is 0 Å². The highest BCUT2D eigenvalue weighted by Crippen LogP contribution is 2.46. The Labute approximate surface area is 157 Å². The summed E-state index contributed by atoms with van der Waals surface area (Å²) in [5, 5.41) is 2.67. The average Bonchev–Trinajstić information content (AvgIpc) is 2.50. The summed E-state index contributed by atoms with van der Waals surface area (Å²) in [4.78, 5) is 14.8. The minimum absolute atomic E-state index is 0.126. The van der Waals surface area contributed by atoms with Crippen molar-refractivity contribution < 1.29 is 18.6 Å². The second-order valence-electron chi connectivity index (χ2n) is 7.52. The topological polar surface area (TPSA) is 60.0 Å². The van der Waals surface area contributed by atoms with Gasteiger partial charge in [0.15, 0.2) is 0 Å². The summed E-state index contributed by atoms with van der Waals surface area (Å²) >= 11 is 5.44. The van der Waals surface area contributed by atoms with E-state index in [0.717, 1.165) is 6.42 Å². The summed E-state index contributed by atoms with van der Waals surface area (Å²) in [6, 6.07) is 0.553. The molecule has 2 atom stereocenters. The number of piperidine rings is 2. The van der Waals surface area contributed by atoms with Crippen molar-refractivity contribution in [3.63, 3.8) is 0 Å². The molecule has 2 saturated heterocycles. The van der Waals surface area contributed by atoms with Crippen molar-refractivity contribution in [1.29, 1.82) is 0 Å². The van der Waals surface area contributed by atoms with Crippen molar-refractivity contribution in [2.24, 2.45) is 5.92 Å². The normalized spacial score (nSPS) is 25.0. The van der Waals surface area contributed by atoms with E-state index < -0.39 is 12.7 Å². The monoisotopic (exact) mass is 392 g/mol. The SMILES string of the molecule is CC(C)OP(=S)(NC(=O)OCC1CCCN2CCCCC12)OC(C)C. The highest BCUT2D eigenvalue weighted by molar-refractivity contribution is 8.09. The number of carbonyl (C=O) groups is 1. The Balaban J connectivity index is 1.86. The molecule has 0 aromatic carbocycles. The Kier molecular flexibility index (Phi) is 8.15. The Morgan fingerprint density at radius 1 is 1.12 bits per heavy atom. The van der Waals surface area contributed by atoms with Crippen LogP contribution in [0, 0.1) is 5.92 Å². The number of rotatable bonds is 7. The second-order valence-corrected chi connectivity index (χ2v) is 10.6. The third-order valence-corrected chi connectivity index (χ3v) is 7.23. The molecule has 0 radical (unpaired) electrons. The van der Waals surface area contributed by atoms with Gasteiger partial charge in [-0.1, -0.05) is 6.42 Å². The van der Waals surface area contributed by atoms with Gasteiger partial charge in [0, 0.05) is 12.0 Å². The van der Waals surface area contributed by atoms with Crippen molar-refractivity contribution in [1.82, 2.24) is 9.99 Å². The summed E-state index contributed by atoms with van der Waals surface area (Å²) in [5.41, 5.74) is 0. The molecule has 0 aliphatic carbocycles. The molecule has 6 nitrogen and oxygen atoms in total. The van der Waals surface area contributed by atoms with Crippen LogP contribution < -0.4 is 5.09 Å². The maximum atomic E-state index is 12.3. The summed E-state index contributed by atoms with van der Waals surface area (Å²) in [5.74, 6) is 0.412. The summed E-state index contributed by atoms with van der Waals surface area (Å²) in [7, 11) is 0. The quantitative estimate of drug-likeness (QED) is 0.660. The Morgan fingerprint density at radius 2 is 1.76 bits per heavy atom. The lowest BCUT2D eigenvalue weighted by atomic mass is 9.84. The van der Waals surface area contributed by atoms with Crippen LogP contribution in [0.5, 0.6) is 0 Å². The van der Waals surface area contributed by atoms with E-state index in [2.05, 4.69) is 9.99 Å². The summed E-state index contributed by atoms with van der Waals surface area (Å²) in [6.45, 7) is 7.40. The molecular weight excluding hydrogens is 359 g/mol. The van der Waals surface area contributed by atoms with Crippen LogP contribution >= 0.6 is 6.64 Å². The maximum Gasteiger partial charge on any atom is 0.414 e. The van der Waals surface area contributed by atoms with E-state index in [1.165, 1.54) is 38.8 Å². The van der Waals surface area contributed by atoms with Gasteiger partial charge in [-0.05, 0) is 78.3 Å². The molecule has 1 amide bonds. The predicted molar refractivity (Wildman–Crippen MR) is 103 cm³/mol. The molecule has 2 aliphatic rings. The molecule has 2 fully saturated rings. The van der Waals surface area contributed by atoms with Crippen LogP contribution in [0.3, 0.4) is 0 Å². The molecular formula is C17H33N2O4PS. The lowest BCUT2D eigenvalue weighted by Gasteiger charge is -2.44. The number of nitrogens with one attached hydrogen (secondary N) is 1. The molecule has 0 saturated carbocycles. The standard InChI is InChI=1S/C17H33N2O4PS/c1-13(2)22-24(25,23-14(3)4)18-17(20)21-12-15-8-7-11-19-10-6-5-9-16(15)19/h13-16H,5-12H2,1-4H3,(H,18,20,25). The number of hydrogen-bond donors (Lipinski definition) is 1. The van der Waals surface area contributed by atoms with Gasteiger partial charge in [-0.3, -0.25) is 9.99 Å². The van der Waals surface area contributed by atoms with Gasteiger partial charge in [-0.15, -0.1) is 0 Å². The molecule has 8 heteroatoms. The van der Waals surface area contributed by atoms with E-state index in [-0.39, 0.29) is 12.2 Å². The third-order valence-electron chi connectivity index (χ3n) is 4.58. The van der Waals surface area contributed by atoms with Crippen molar-refractivity contribution in [2.75, 3.05) is 19.7 Å². The van der Waals surface area contributed by atoms with E-state index in [1.807, 2.05) is 27.7 Å². The number of carbonyl (C=O) groups excluding carboxylic acids is 1. The van der Waals surface area contributed by atoms with Crippen LogP contribution in [0.15, 0.2) is 0 Å². The predicted octanol–water partition coefficient (Wildman–Crippen LogP) is 4.05. The van der Waals surface area contributed by atoms with Gasteiger partial charge in [0.05, 0.1) is 18.8 Å².